The minimum absolute atomic E-state index is 0.0368. The Labute approximate surface area is 187 Å². The molecular weight excluding hydrogens is 438 g/mol. The minimum Gasteiger partial charge on any atom is -0.325 e. The van der Waals surface area contributed by atoms with Crippen LogP contribution in [0.15, 0.2) is 47.4 Å². The average molecular weight is 464 g/mol. The maximum Gasteiger partial charge on any atom is 0.242 e. The molecule has 0 radical (unpaired) electrons. The minimum atomic E-state index is -3.97. The van der Waals surface area contributed by atoms with Gasteiger partial charge < -0.3 is 10.2 Å². The summed E-state index contributed by atoms with van der Waals surface area (Å²) in [6.07, 6.45) is 0.571. The van der Waals surface area contributed by atoms with Gasteiger partial charge in [0.25, 0.3) is 0 Å². The third-order valence-electron chi connectivity index (χ3n) is 5.24. The van der Waals surface area contributed by atoms with E-state index in [1.165, 1.54) is 13.0 Å². The van der Waals surface area contributed by atoms with Gasteiger partial charge in [-0.2, -0.15) is 4.72 Å². The van der Waals surface area contributed by atoms with E-state index in [0.717, 1.165) is 11.3 Å². The molecule has 9 heteroatoms. The lowest BCUT2D eigenvalue weighted by molar-refractivity contribution is -0.118. The first-order chi connectivity index (χ1) is 14.5. The summed E-state index contributed by atoms with van der Waals surface area (Å²) in [5.74, 6) is -0.854. The number of nitrogens with zero attached hydrogens (tertiary/aromatic N) is 1. The number of carbonyl (C=O) groups is 2. The van der Waals surface area contributed by atoms with E-state index in [-0.39, 0.29) is 22.8 Å². The van der Waals surface area contributed by atoms with Crippen LogP contribution in [0.5, 0.6) is 0 Å². The highest BCUT2D eigenvalue weighted by Crippen LogP contribution is 2.34. The molecule has 1 aliphatic heterocycles. The Balaban J connectivity index is 1.83. The molecule has 3 rings (SSSR count). The Morgan fingerprint density at radius 1 is 1.16 bits per heavy atom. The molecule has 0 unspecified atom stereocenters. The smallest absolute Gasteiger partial charge is 0.242 e. The van der Waals surface area contributed by atoms with Crippen molar-refractivity contribution in [2.45, 2.75) is 51.1 Å². The second kappa shape index (κ2) is 8.98. The van der Waals surface area contributed by atoms with Crippen molar-refractivity contribution in [2.75, 3.05) is 10.2 Å². The first-order valence-corrected chi connectivity index (χ1v) is 11.9. The normalized spacial score (nSPS) is 16.8. The first kappa shape index (κ1) is 23.2. The number of carbonyl (C=O) groups excluding carboxylic acids is 2. The van der Waals surface area contributed by atoms with Gasteiger partial charge in [0.05, 0.1) is 4.90 Å². The molecule has 2 aromatic rings. The van der Waals surface area contributed by atoms with E-state index in [2.05, 4.69) is 10.0 Å². The van der Waals surface area contributed by atoms with E-state index < -0.39 is 22.0 Å². The molecule has 0 spiro atoms. The molecule has 2 amide bonds. The summed E-state index contributed by atoms with van der Waals surface area (Å²) in [6.45, 7) is 6.94. The van der Waals surface area contributed by atoms with E-state index in [9.17, 15) is 18.0 Å². The number of hydrogen-bond donors (Lipinski definition) is 2. The Bertz CT molecular complexity index is 1120. The number of fused-ring (bicyclic) bond motifs is 1. The number of sulfonamides is 1. The zero-order valence-corrected chi connectivity index (χ0v) is 19.4. The fraction of sp³-hybridized carbons (Fsp3) is 0.364. The molecule has 0 fully saturated rings. The molecule has 2 aromatic carbocycles. The highest BCUT2D eigenvalue weighted by atomic mass is 35.5. The summed E-state index contributed by atoms with van der Waals surface area (Å²) >= 11 is 5.96. The van der Waals surface area contributed by atoms with Crippen molar-refractivity contribution >= 4 is 44.8 Å². The maximum atomic E-state index is 13.1. The van der Waals surface area contributed by atoms with Gasteiger partial charge >= 0.3 is 0 Å². The Morgan fingerprint density at radius 2 is 1.87 bits per heavy atom. The predicted molar refractivity (Wildman–Crippen MR) is 122 cm³/mol. The molecule has 0 saturated carbocycles. The zero-order chi connectivity index (χ0) is 22.9. The number of benzene rings is 2. The summed E-state index contributed by atoms with van der Waals surface area (Å²) in [5.41, 5.74) is 1.99. The van der Waals surface area contributed by atoms with Gasteiger partial charge in [-0.3, -0.25) is 9.59 Å². The van der Waals surface area contributed by atoms with Gasteiger partial charge in [-0.15, -0.1) is 0 Å². The molecule has 31 heavy (non-hydrogen) atoms. The van der Waals surface area contributed by atoms with E-state index in [1.54, 1.807) is 55.1 Å². The van der Waals surface area contributed by atoms with Crippen LogP contribution in [0.1, 0.15) is 33.3 Å². The van der Waals surface area contributed by atoms with Crippen LogP contribution in [0.4, 0.5) is 11.4 Å². The van der Waals surface area contributed by atoms with Crippen LogP contribution in [0, 0.1) is 5.92 Å². The quantitative estimate of drug-likeness (QED) is 0.684. The van der Waals surface area contributed by atoms with Crippen LogP contribution in [0.2, 0.25) is 5.02 Å². The van der Waals surface area contributed by atoms with Crippen molar-refractivity contribution in [3.05, 3.63) is 53.1 Å². The number of anilines is 2. The van der Waals surface area contributed by atoms with Gasteiger partial charge in [-0.25, -0.2) is 8.42 Å². The van der Waals surface area contributed by atoms with Gasteiger partial charge in [-0.1, -0.05) is 31.5 Å². The van der Waals surface area contributed by atoms with Gasteiger partial charge in [0, 0.05) is 29.4 Å². The highest BCUT2D eigenvalue weighted by molar-refractivity contribution is 7.89. The van der Waals surface area contributed by atoms with Gasteiger partial charge in [0.2, 0.25) is 21.8 Å². The fourth-order valence-corrected chi connectivity index (χ4v) is 5.35. The van der Waals surface area contributed by atoms with Crippen LogP contribution in [0.3, 0.4) is 0 Å². The second-order valence-electron chi connectivity index (χ2n) is 8.08. The Kier molecular flexibility index (Phi) is 6.73. The summed E-state index contributed by atoms with van der Waals surface area (Å²) in [7, 11) is -3.97. The van der Waals surface area contributed by atoms with Crippen LogP contribution < -0.4 is 14.9 Å². The van der Waals surface area contributed by atoms with Gasteiger partial charge in [0.15, 0.2) is 0 Å². The summed E-state index contributed by atoms with van der Waals surface area (Å²) in [5, 5.41) is 3.17. The third kappa shape index (κ3) is 5.08. The number of halogens is 1. The summed E-state index contributed by atoms with van der Waals surface area (Å²) < 4.78 is 28.7. The lowest BCUT2D eigenvalue weighted by Gasteiger charge is -2.22. The zero-order valence-electron chi connectivity index (χ0n) is 17.8. The van der Waals surface area contributed by atoms with Crippen LogP contribution in [-0.4, -0.2) is 32.3 Å². The van der Waals surface area contributed by atoms with Crippen molar-refractivity contribution in [2.24, 2.45) is 5.92 Å². The largest absolute Gasteiger partial charge is 0.325 e. The van der Waals surface area contributed by atoms with Crippen LogP contribution in [0.25, 0.3) is 0 Å². The first-order valence-electron chi connectivity index (χ1n) is 10.0. The molecular formula is C22H26ClN3O4S. The van der Waals surface area contributed by atoms with Crippen LogP contribution in [-0.2, 0) is 26.0 Å². The summed E-state index contributed by atoms with van der Waals surface area (Å²) in [6, 6.07) is 10.3. The lowest BCUT2D eigenvalue weighted by Crippen LogP contribution is -2.47. The predicted octanol–water partition coefficient (Wildman–Crippen LogP) is 3.58. The molecule has 0 aromatic heterocycles. The maximum absolute atomic E-state index is 13.1. The van der Waals surface area contributed by atoms with E-state index in [0.29, 0.717) is 17.1 Å². The molecule has 2 N–H and O–H groups in total. The number of amides is 2. The van der Waals surface area contributed by atoms with Crippen molar-refractivity contribution in [3.8, 4) is 0 Å². The molecule has 166 valence electrons. The Morgan fingerprint density at radius 3 is 2.48 bits per heavy atom. The number of nitrogens with one attached hydrogen (secondary N) is 2. The van der Waals surface area contributed by atoms with Crippen molar-refractivity contribution in [3.63, 3.8) is 0 Å². The van der Waals surface area contributed by atoms with E-state index >= 15 is 0 Å². The monoisotopic (exact) mass is 463 g/mol. The van der Waals surface area contributed by atoms with Crippen molar-refractivity contribution in [1.82, 2.24) is 4.72 Å². The molecule has 1 aliphatic rings. The average Bonchev–Trinajstić information content (AvgIpc) is 3.00. The molecule has 0 aliphatic carbocycles. The van der Waals surface area contributed by atoms with Crippen molar-refractivity contribution in [1.29, 1.82) is 0 Å². The molecule has 0 bridgehead atoms. The molecule has 0 saturated heterocycles. The lowest BCUT2D eigenvalue weighted by atomic mass is 10.0. The molecule has 2 atom stereocenters. The van der Waals surface area contributed by atoms with E-state index in [1.807, 2.05) is 6.92 Å². The topological polar surface area (TPSA) is 95.6 Å². The fourth-order valence-electron chi connectivity index (χ4n) is 3.77. The van der Waals surface area contributed by atoms with Gasteiger partial charge in [0.1, 0.15) is 6.04 Å². The molecule has 7 nitrogen and oxygen atoms in total. The van der Waals surface area contributed by atoms with E-state index in [4.69, 9.17) is 11.6 Å². The highest BCUT2D eigenvalue weighted by Gasteiger charge is 2.32. The SMILES string of the molecule is CC(=O)N1c2ccc(S(=O)(=O)N[C@H](C(=O)Nc3cccc(Cl)c3)C(C)C)cc2C[C@@H]1C. The van der Waals surface area contributed by atoms with Crippen LogP contribution >= 0.6 is 11.6 Å². The Hall–Kier alpha value is -2.42. The standard InChI is InChI=1S/C22H26ClN3O4S/c1-13(2)21(22(28)24-18-7-5-6-17(23)12-18)25-31(29,30)19-8-9-20-16(11-19)10-14(3)26(20)15(4)27/h5-9,11-14,21,25H,10H2,1-4H3,(H,24,28)/t14-,21-/m0/s1. The van der Waals surface area contributed by atoms with Gasteiger partial charge in [-0.05, 0) is 61.2 Å². The summed E-state index contributed by atoms with van der Waals surface area (Å²) in [4.78, 5) is 26.4. The second-order valence-corrected chi connectivity index (χ2v) is 10.2. The molecule has 1 heterocycles. The number of rotatable bonds is 6. The third-order valence-corrected chi connectivity index (χ3v) is 6.91. The number of hydrogen-bond acceptors (Lipinski definition) is 4. The van der Waals surface area contributed by atoms with Crippen molar-refractivity contribution < 1.29 is 18.0 Å².